The largest absolute Gasteiger partial charge is 0.461 e. The normalized spacial score (nSPS) is 10.5. The minimum atomic E-state index is 0.199. The van der Waals surface area contributed by atoms with Crippen molar-refractivity contribution in [3.05, 3.63) is 24.2 Å². The summed E-state index contributed by atoms with van der Waals surface area (Å²) in [7, 11) is 0. The number of unbranched alkanes of at least 4 members (excludes halogenated alkanes) is 2. The van der Waals surface area contributed by atoms with Gasteiger partial charge in [0.1, 0.15) is 0 Å². The molecule has 106 valence electrons. The second-order valence-electron chi connectivity index (χ2n) is 4.44. The molecule has 3 aromatic heterocycles. The van der Waals surface area contributed by atoms with E-state index in [1.54, 1.807) is 18.4 Å². The zero-order chi connectivity index (χ0) is 14.7. The first kappa shape index (κ1) is 13.1. The number of nitrogen functional groups attached to an aromatic ring is 1. The van der Waals surface area contributed by atoms with Gasteiger partial charge in [0.15, 0.2) is 5.76 Å². The summed E-state index contributed by atoms with van der Waals surface area (Å²) >= 11 is 0. The molecule has 0 amide bonds. The zero-order valence-corrected chi connectivity index (χ0v) is 11.6. The summed E-state index contributed by atoms with van der Waals surface area (Å²) < 4.78 is 6.63. The topological polar surface area (TPSA) is 95.1 Å². The average molecular weight is 282 g/mol. The van der Waals surface area contributed by atoms with E-state index in [1.807, 2.05) is 0 Å². The lowest BCUT2D eigenvalue weighted by Gasteiger charge is -1.95. The van der Waals surface area contributed by atoms with Crippen molar-refractivity contribution in [1.29, 1.82) is 0 Å². The summed E-state index contributed by atoms with van der Waals surface area (Å²) in [6, 6.07) is 3.53. The number of hydrogen-bond donors (Lipinski definition) is 1. The summed E-state index contributed by atoms with van der Waals surface area (Å²) in [5, 5.41) is 4.22. The Morgan fingerprint density at radius 3 is 3.00 bits per heavy atom. The zero-order valence-electron chi connectivity index (χ0n) is 11.6. The van der Waals surface area contributed by atoms with Gasteiger partial charge in [0, 0.05) is 6.42 Å². The minimum Gasteiger partial charge on any atom is -0.461 e. The molecule has 0 aliphatic rings. The fraction of sp³-hybridized carbons (Fsp3) is 0.286. The second-order valence-corrected chi connectivity index (χ2v) is 4.44. The molecule has 0 saturated carbocycles. The van der Waals surface area contributed by atoms with Crippen molar-refractivity contribution in [2.45, 2.75) is 26.2 Å². The molecule has 21 heavy (non-hydrogen) atoms. The lowest BCUT2D eigenvalue weighted by atomic mass is 10.2. The quantitative estimate of drug-likeness (QED) is 0.582. The Bertz CT molecular complexity index is 809. The minimum absolute atomic E-state index is 0.199. The predicted molar refractivity (Wildman–Crippen MR) is 77.1 cm³/mol. The lowest BCUT2D eigenvalue weighted by molar-refractivity contribution is 0.577. The highest BCUT2D eigenvalue weighted by Crippen LogP contribution is 2.16. The van der Waals surface area contributed by atoms with Crippen molar-refractivity contribution in [3.8, 4) is 23.4 Å². The summed E-state index contributed by atoms with van der Waals surface area (Å²) in [5.41, 5.74) is 5.87. The van der Waals surface area contributed by atoms with Gasteiger partial charge >= 0.3 is 0 Å². The van der Waals surface area contributed by atoms with Crippen LogP contribution in [0.3, 0.4) is 0 Å². The molecular formula is C14H14N6O. The standard InChI is InChI=1S/C14H14N6O/c1-2-3-4-5-8-11-16-13(15)20-14(17-11)18-12(19-20)10-7-6-9-21-10/h6-7,9H,2-4H2,1H3,(H2,15,16,17,18,19). The first-order valence-corrected chi connectivity index (χ1v) is 6.71. The second kappa shape index (κ2) is 5.63. The van der Waals surface area contributed by atoms with Crippen LogP contribution in [0.1, 0.15) is 32.0 Å². The van der Waals surface area contributed by atoms with E-state index in [9.17, 15) is 0 Å². The van der Waals surface area contributed by atoms with Gasteiger partial charge in [0.05, 0.1) is 6.26 Å². The monoisotopic (exact) mass is 282 g/mol. The van der Waals surface area contributed by atoms with Crippen LogP contribution in [0.25, 0.3) is 17.4 Å². The van der Waals surface area contributed by atoms with Crippen LogP contribution < -0.4 is 5.73 Å². The number of hydrogen-bond acceptors (Lipinski definition) is 6. The molecule has 0 saturated heterocycles. The summed E-state index contributed by atoms with van der Waals surface area (Å²) in [6.45, 7) is 2.12. The molecule has 0 fully saturated rings. The Labute approximate surface area is 121 Å². The van der Waals surface area contributed by atoms with E-state index in [4.69, 9.17) is 10.2 Å². The maximum absolute atomic E-state index is 5.87. The highest BCUT2D eigenvalue weighted by molar-refractivity contribution is 5.51. The van der Waals surface area contributed by atoms with Gasteiger partial charge in [0.25, 0.3) is 5.78 Å². The molecule has 3 heterocycles. The van der Waals surface area contributed by atoms with Gasteiger partial charge in [-0.25, -0.2) is 0 Å². The van der Waals surface area contributed by atoms with E-state index in [1.165, 1.54) is 4.52 Å². The molecular weight excluding hydrogens is 268 g/mol. The van der Waals surface area contributed by atoms with Crippen molar-refractivity contribution < 1.29 is 4.42 Å². The predicted octanol–water partition coefficient (Wildman–Crippen LogP) is 1.90. The van der Waals surface area contributed by atoms with Gasteiger partial charge < -0.3 is 10.2 Å². The van der Waals surface area contributed by atoms with Gasteiger partial charge in [-0.15, -0.1) is 5.10 Å². The van der Waals surface area contributed by atoms with Crippen molar-refractivity contribution in [2.24, 2.45) is 0 Å². The first-order valence-electron chi connectivity index (χ1n) is 6.71. The average Bonchev–Trinajstić information content (AvgIpc) is 3.12. The third-order valence-electron chi connectivity index (χ3n) is 2.83. The number of anilines is 1. The lowest BCUT2D eigenvalue weighted by Crippen LogP contribution is -2.06. The van der Waals surface area contributed by atoms with Gasteiger partial charge in [-0.3, -0.25) is 0 Å². The number of nitrogens with zero attached hydrogens (tertiary/aromatic N) is 5. The maximum atomic E-state index is 5.87. The first-order chi connectivity index (χ1) is 10.3. The van der Waals surface area contributed by atoms with E-state index in [2.05, 4.69) is 38.8 Å². The van der Waals surface area contributed by atoms with Crippen LogP contribution in [0.4, 0.5) is 5.95 Å². The Hall–Kier alpha value is -2.88. The molecule has 0 atom stereocenters. The van der Waals surface area contributed by atoms with E-state index < -0.39 is 0 Å². The third kappa shape index (κ3) is 2.69. The maximum Gasteiger partial charge on any atom is 0.258 e. The van der Waals surface area contributed by atoms with Gasteiger partial charge in [0.2, 0.25) is 17.6 Å². The third-order valence-corrected chi connectivity index (χ3v) is 2.83. The van der Waals surface area contributed by atoms with E-state index >= 15 is 0 Å². The van der Waals surface area contributed by atoms with Gasteiger partial charge in [-0.2, -0.15) is 19.5 Å². The molecule has 0 spiro atoms. The molecule has 0 radical (unpaired) electrons. The Morgan fingerprint density at radius 1 is 1.33 bits per heavy atom. The van der Waals surface area contributed by atoms with Crippen LogP contribution in [0.15, 0.2) is 22.8 Å². The highest BCUT2D eigenvalue weighted by atomic mass is 16.3. The molecule has 7 nitrogen and oxygen atoms in total. The molecule has 0 unspecified atom stereocenters. The van der Waals surface area contributed by atoms with Crippen LogP contribution in [0.5, 0.6) is 0 Å². The SMILES string of the molecule is CCCCC#Cc1nc(N)n2nc(-c3ccco3)nc2n1. The number of fused-ring (bicyclic) bond motifs is 1. The van der Waals surface area contributed by atoms with E-state index in [0.717, 1.165) is 19.3 Å². The van der Waals surface area contributed by atoms with Crippen LogP contribution in [0.2, 0.25) is 0 Å². The van der Waals surface area contributed by atoms with E-state index in [0.29, 0.717) is 23.2 Å². The molecule has 3 aromatic rings. The molecule has 0 aliphatic carbocycles. The number of aromatic nitrogens is 5. The summed E-state index contributed by atoms with van der Waals surface area (Å²) in [5.74, 6) is 7.80. The Balaban J connectivity index is 1.97. The smallest absolute Gasteiger partial charge is 0.258 e. The molecule has 0 bridgehead atoms. The highest BCUT2D eigenvalue weighted by Gasteiger charge is 2.12. The van der Waals surface area contributed by atoms with Gasteiger partial charge in [-0.1, -0.05) is 19.3 Å². The molecule has 0 aromatic carbocycles. The molecule has 3 rings (SSSR count). The van der Waals surface area contributed by atoms with Crippen molar-refractivity contribution in [3.63, 3.8) is 0 Å². The molecule has 7 heteroatoms. The van der Waals surface area contributed by atoms with Gasteiger partial charge in [-0.05, 0) is 24.5 Å². The van der Waals surface area contributed by atoms with Crippen molar-refractivity contribution >= 4 is 11.7 Å². The van der Waals surface area contributed by atoms with Crippen LogP contribution in [-0.2, 0) is 0 Å². The summed E-state index contributed by atoms with van der Waals surface area (Å²) in [4.78, 5) is 12.6. The van der Waals surface area contributed by atoms with Crippen molar-refractivity contribution in [2.75, 3.05) is 5.73 Å². The number of furan rings is 1. The Morgan fingerprint density at radius 2 is 2.24 bits per heavy atom. The van der Waals surface area contributed by atoms with E-state index in [-0.39, 0.29) is 5.95 Å². The van der Waals surface area contributed by atoms with Crippen LogP contribution >= 0.6 is 0 Å². The fourth-order valence-corrected chi connectivity index (χ4v) is 1.78. The molecule has 2 N–H and O–H groups in total. The van der Waals surface area contributed by atoms with Crippen LogP contribution in [-0.4, -0.2) is 24.6 Å². The van der Waals surface area contributed by atoms with Crippen molar-refractivity contribution in [1.82, 2.24) is 24.6 Å². The number of rotatable bonds is 3. The molecule has 0 aliphatic heterocycles. The fourth-order valence-electron chi connectivity index (χ4n) is 1.78. The Kier molecular flexibility index (Phi) is 3.51. The number of nitrogens with two attached hydrogens (primary N) is 1. The summed E-state index contributed by atoms with van der Waals surface area (Å²) in [6.07, 6.45) is 4.53. The van der Waals surface area contributed by atoms with Crippen LogP contribution in [0, 0.1) is 11.8 Å².